The highest BCUT2D eigenvalue weighted by atomic mass is 32.2. The molecule has 162 valence electrons. The van der Waals surface area contributed by atoms with E-state index < -0.39 is 30.1 Å². The third-order valence-electron chi connectivity index (χ3n) is 4.40. The average Bonchev–Trinajstić information content (AvgIpc) is 3.21. The van der Waals surface area contributed by atoms with Crippen LogP contribution in [0, 0.1) is 11.6 Å². The number of hydrogen-bond acceptors (Lipinski definition) is 6. The maximum absolute atomic E-state index is 13.6. The number of nitrogens with zero attached hydrogens (tertiary/aromatic N) is 1. The molecule has 1 heterocycles. The van der Waals surface area contributed by atoms with Gasteiger partial charge in [-0.05, 0) is 35.9 Å². The number of nitrogens with one attached hydrogen (secondary N) is 1. The first kappa shape index (κ1) is 21.5. The van der Waals surface area contributed by atoms with E-state index in [1.165, 1.54) is 11.8 Å². The molecule has 0 aliphatic heterocycles. The number of carbonyl (C=O) groups excluding carboxylic acids is 2. The third-order valence-corrected chi connectivity index (χ3v) is 5.28. The number of carbonyl (C=O) groups is 2. The summed E-state index contributed by atoms with van der Waals surface area (Å²) in [5, 5.41) is 2.70. The molecule has 0 spiro atoms. The molecule has 4 rings (SSSR count). The van der Waals surface area contributed by atoms with E-state index >= 15 is 0 Å². The van der Waals surface area contributed by atoms with E-state index in [1.54, 1.807) is 24.3 Å². The lowest BCUT2D eigenvalue weighted by Gasteiger charge is -2.10. The Bertz CT molecular complexity index is 1260. The topological polar surface area (TPSA) is 81.4 Å². The van der Waals surface area contributed by atoms with Crippen molar-refractivity contribution in [3.8, 4) is 0 Å². The van der Waals surface area contributed by atoms with Crippen LogP contribution in [0.1, 0.15) is 15.9 Å². The third kappa shape index (κ3) is 5.12. The van der Waals surface area contributed by atoms with Crippen LogP contribution >= 0.6 is 11.8 Å². The van der Waals surface area contributed by atoms with Gasteiger partial charge >= 0.3 is 5.97 Å². The molecule has 0 aliphatic rings. The fraction of sp³-hybridized carbons (Fsp3) is 0.0870. The minimum absolute atomic E-state index is 0.206. The standard InChI is InChI=1S/C23H16F2N2O4S/c24-15-9-10-18(17(25)11-15)26-21(28)12-30-22(29)16-6-2-1-5-14(16)13-32-23-27-19-7-3-4-8-20(19)31-23/h1-11H,12-13H2,(H,26,28). The summed E-state index contributed by atoms with van der Waals surface area (Å²) >= 11 is 1.32. The van der Waals surface area contributed by atoms with Crippen LogP contribution in [-0.4, -0.2) is 23.5 Å². The summed E-state index contributed by atoms with van der Waals surface area (Å²) in [4.78, 5) is 28.9. The highest BCUT2D eigenvalue weighted by Crippen LogP contribution is 2.27. The van der Waals surface area contributed by atoms with E-state index in [-0.39, 0.29) is 11.3 Å². The molecule has 0 saturated heterocycles. The molecule has 9 heteroatoms. The Hall–Kier alpha value is -3.72. The summed E-state index contributed by atoms with van der Waals surface area (Å²) in [5.74, 6) is -2.74. The second-order valence-corrected chi connectivity index (χ2v) is 7.57. The van der Waals surface area contributed by atoms with E-state index in [9.17, 15) is 18.4 Å². The van der Waals surface area contributed by atoms with Crippen molar-refractivity contribution in [2.45, 2.75) is 11.0 Å². The van der Waals surface area contributed by atoms with Crippen LogP contribution in [0.2, 0.25) is 0 Å². The van der Waals surface area contributed by atoms with Crippen LogP contribution in [0.5, 0.6) is 0 Å². The number of para-hydroxylation sites is 2. The van der Waals surface area contributed by atoms with E-state index in [4.69, 9.17) is 9.15 Å². The van der Waals surface area contributed by atoms with Gasteiger partial charge in [-0.3, -0.25) is 4.79 Å². The van der Waals surface area contributed by atoms with Crippen LogP contribution < -0.4 is 5.32 Å². The number of thioether (sulfide) groups is 1. The average molecular weight is 454 g/mol. The van der Waals surface area contributed by atoms with Crippen molar-refractivity contribution in [2.75, 3.05) is 11.9 Å². The minimum Gasteiger partial charge on any atom is -0.452 e. The Morgan fingerprint density at radius 2 is 1.81 bits per heavy atom. The first-order chi connectivity index (χ1) is 15.5. The van der Waals surface area contributed by atoms with Crippen molar-refractivity contribution in [3.05, 3.63) is 89.5 Å². The second-order valence-electron chi connectivity index (χ2n) is 6.64. The summed E-state index contributed by atoms with van der Waals surface area (Å²) in [6, 6.07) is 16.9. The molecule has 6 nitrogen and oxygen atoms in total. The zero-order chi connectivity index (χ0) is 22.5. The molecular formula is C23H16F2N2O4S. The van der Waals surface area contributed by atoms with Crippen molar-refractivity contribution in [3.63, 3.8) is 0 Å². The molecule has 0 saturated carbocycles. The minimum atomic E-state index is -0.925. The van der Waals surface area contributed by atoms with Gasteiger partial charge in [0.2, 0.25) is 0 Å². The Kier molecular flexibility index (Phi) is 6.46. The van der Waals surface area contributed by atoms with Gasteiger partial charge in [-0.2, -0.15) is 0 Å². The van der Waals surface area contributed by atoms with Gasteiger partial charge in [-0.25, -0.2) is 18.6 Å². The van der Waals surface area contributed by atoms with Crippen molar-refractivity contribution in [1.29, 1.82) is 0 Å². The summed E-state index contributed by atoms with van der Waals surface area (Å²) in [6.45, 7) is -0.623. The SMILES string of the molecule is O=C(COC(=O)c1ccccc1CSc1nc2ccccc2o1)Nc1ccc(F)cc1F. The lowest BCUT2D eigenvalue weighted by molar-refractivity contribution is -0.119. The van der Waals surface area contributed by atoms with Crippen molar-refractivity contribution in [2.24, 2.45) is 0 Å². The zero-order valence-electron chi connectivity index (χ0n) is 16.5. The molecule has 1 aromatic heterocycles. The molecular weight excluding hydrogens is 438 g/mol. The number of hydrogen-bond donors (Lipinski definition) is 1. The highest BCUT2D eigenvalue weighted by molar-refractivity contribution is 7.98. The van der Waals surface area contributed by atoms with Gasteiger partial charge in [0, 0.05) is 11.8 Å². The smallest absolute Gasteiger partial charge is 0.338 e. The van der Waals surface area contributed by atoms with Crippen LogP contribution in [0.15, 0.2) is 76.4 Å². The molecule has 1 N–H and O–H groups in total. The molecule has 4 aromatic rings. The number of oxazole rings is 1. The van der Waals surface area contributed by atoms with Crippen LogP contribution in [0.25, 0.3) is 11.1 Å². The fourth-order valence-electron chi connectivity index (χ4n) is 2.88. The predicted octanol–water partition coefficient (Wildman–Crippen LogP) is 5.19. The lowest BCUT2D eigenvalue weighted by Crippen LogP contribution is -2.22. The highest BCUT2D eigenvalue weighted by Gasteiger charge is 2.16. The Labute approximate surface area is 185 Å². The number of fused-ring (bicyclic) bond motifs is 1. The van der Waals surface area contributed by atoms with Gasteiger partial charge in [0.25, 0.3) is 11.1 Å². The van der Waals surface area contributed by atoms with E-state index in [1.807, 2.05) is 24.3 Å². The molecule has 3 aromatic carbocycles. The maximum Gasteiger partial charge on any atom is 0.338 e. The molecule has 32 heavy (non-hydrogen) atoms. The largest absolute Gasteiger partial charge is 0.452 e. The van der Waals surface area contributed by atoms with Crippen LogP contribution in [0.3, 0.4) is 0 Å². The van der Waals surface area contributed by atoms with E-state index in [2.05, 4.69) is 10.3 Å². The molecule has 0 fully saturated rings. The van der Waals surface area contributed by atoms with E-state index in [0.717, 1.165) is 17.6 Å². The van der Waals surface area contributed by atoms with Gasteiger partial charge in [-0.15, -0.1) is 0 Å². The van der Waals surface area contributed by atoms with Gasteiger partial charge in [0.1, 0.15) is 17.2 Å². The van der Waals surface area contributed by atoms with E-state index in [0.29, 0.717) is 28.2 Å². The number of anilines is 1. The number of amides is 1. The molecule has 0 radical (unpaired) electrons. The van der Waals surface area contributed by atoms with Gasteiger partial charge in [0.15, 0.2) is 12.2 Å². The normalized spacial score (nSPS) is 10.8. The molecule has 0 unspecified atom stereocenters. The summed E-state index contributed by atoms with van der Waals surface area (Å²) in [7, 11) is 0. The number of aromatic nitrogens is 1. The summed E-state index contributed by atoms with van der Waals surface area (Å²) < 4.78 is 37.3. The zero-order valence-corrected chi connectivity index (χ0v) is 17.3. The molecule has 0 atom stereocenters. The van der Waals surface area contributed by atoms with Gasteiger partial charge in [0.05, 0.1) is 11.3 Å². The Balaban J connectivity index is 1.37. The number of rotatable bonds is 7. The van der Waals surface area contributed by atoms with Gasteiger partial charge in [-0.1, -0.05) is 42.1 Å². The first-order valence-corrected chi connectivity index (χ1v) is 10.5. The van der Waals surface area contributed by atoms with Crippen molar-refractivity contribution in [1.82, 2.24) is 4.98 Å². The summed E-state index contributed by atoms with van der Waals surface area (Å²) in [5.41, 5.74) is 2.17. The number of ether oxygens (including phenoxy) is 1. The van der Waals surface area contributed by atoms with Crippen molar-refractivity contribution >= 4 is 40.4 Å². The lowest BCUT2D eigenvalue weighted by atomic mass is 10.1. The first-order valence-electron chi connectivity index (χ1n) is 9.48. The predicted molar refractivity (Wildman–Crippen MR) is 115 cm³/mol. The Morgan fingerprint density at radius 3 is 2.62 bits per heavy atom. The monoisotopic (exact) mass is 454 g/mol. The van der Waals surface area contributed by atoms with Crippen LogP contribution in [-0.2, 0) is 15.3 Å². The number of esters is 1. The molecule has 0 bridgehead atoms. The van der Waals surface area contributed by atoms with Crippen molar-refractivity contribution < 1.29 is 27.5 Å². The number of halogens is 2. The quantitative estimate of drug-likeness (QED) is 0.306. The molecule has 0 aliphatic carbocycles. The van der Waals surface area contributed by atoms with Gasteiger partial charge < -0.3 is 14.5 Å². The number of benzene rings is 3. The van der Waals surface area contributed by atoms with Crippen LogP contribution in [0.4, 0.5) is 14.5 Å². The Morgan fingerprint density at radius 1 is 1.03 bits per heavy atom. The second kappa shape index (κ2) is 9.61. The fourth-order valence-corrected chi connectivity index (χ4v) is 3.73. The summed E-state index contributed by atoms with van der Waals surface area (Å²) in [6.07, 6.45) is 0. The molecule has 1 amide bonds. The maximum atomic E-state index is 13.6.